The molecule has 6 heteroatoms. The van der Waals surface area contributed by atoms with E-state index in [1.807, 2.05) is 0 Å². The summed E-state index contributed by atoms with van der Waals surface area (Å²) in [6.45, 7) is 0. The lowest BCUT2D eigenvalue weighted by Crippen LogP contribution is -2.23. The minimum absolute atomic E-state index is 0.275. The van der Waals surface area contributed by atoms with Crippen LogP contribution in [0.5, 0.6) is 0 Å². The van der Waals surface area contributed by atoms with Crippen LogP contribution in [-0.4, -0.2) is 22.9 Å². The van der Waals surface area contributed by atoms with Gasteiger partial charge in [-0.1, -0.05) is 0 Å². The van der Waals surface area contributed by atoms with Crippen LogP contribution < -0.4 is 16.6 Å². The fourth-order valence-corrected chi connectivity index (χ4v) is 1.46. The standard InChI is InChI=1S/C10H9N3O3/c1-11-8(14)5-2-3-6-7(4-5)12-10(16)13-9(6)15/h2-4H,1H3,(H,11,14)(H2,12,13,15,16). The normalized spacial score (nSPS) is 10.3. The molecule has 3 N–H and O–H groups in total. The molecule has 0 unspecified atom stereocenters. The molecule has 0 aliphatic rings. The molecule has 1 amide bonds. The third-order valence-electron chi connectivity index (χ3n) is 2.23. The third-order valence-corrected chi connectivity index (χ3v) is 2.23. The molecule has 0 bridgehead atoms. The number of aromatic nitrogens is 2. The molecule has 0 fully saturated rings. The van der Waals surface area contributed by atoms with Crippen molar-refractivity contribution in [2.75, 3.05) is 7.05 Å². The highest BCUT2D eigenvalue weighted by atomic mass is 16.2. The van der Waals surface area contributed by atoms with E-state index in [9.17, 15) is 14.4 Å². The van der Waals surface area contributed by atoms with E-state index in [1.165, 1.54) is 25.2 Å². The summed E-state index contributed by atoms with van der Waals surface area (Å²) in [6.07, 6.45) is 0. The van der Waals surface area contributed by atoms with Gasteiger partial charge in [0.2, 0.25) is 0 Å². The van der Waals surface area contributed by atoms with Crippen LogP contribution in [0.2, 0.25) is 0 Å². The molecule has 1 aromatic carbocycles. The monoisotopic (exact) mass is 219 g/mol. The number of nitrogens with one attached hydrogen (secondary N) is 3. The highest BCUT2D eigenvalue weighted by Crippen LogP contribution is 2.08. The van der Waals surface area contributed by atoms with Gasteiger partial charge in [0, 0.05) is 12.6 Å². The molecule has 1 heterocycles. The van der Waals surface area contributed by atoms with Gasteiger partial charge < -0.3 is 10.3 Å². The van der Waals surface area contributed by atoms with Crippen LogP contribution in [0.3, 0.4) is 0 Å². The van der Waals surface area contributed by atoms with E-state index in [0.29, 0.717) is 16.5 Å². The van der Waals surface area contributed by atoms with Gasteiger partial charge in [0.1, 0.15) is 0 Å². The molecule has 16 heavy (non-hydrogen) atoms. The maximum absolute atomic E-state index is 11.4. The summed E-state index contributed by atoms with van der Waals surface area (Å²) in [4.78, 5) is 38.3. The van der Waals surface area contributed by atoms with Gasteiger partial charge in [-0.2, -0.15) is 0 Å². The summed E-state index contributed by atoms with van der Waals surface area (Å²) in [5.41, 5.74) is -0.333. The number of H-pyrrole nitrogens is 2. The number of carbonyl (C=O) groups excluding carboxylic acids is 1. The maximum atomic E-state index is 11.4. The van der Waals surface area contributed by atoms with E-state index in [-0.39, 0.29) is 5.91 Å². The predicted octanol–water partition coefficient (Wildman–Crippen LogP) is -0.424. The molecule has 6 nitrogen and oxygen atoms in total. The zero-order valence-electron chi connectivity index (χ0n) is 8.46. The van der Waals surface area contributed by atoms with E-state index in [4.69, 9.17) is 0 Å². The van der Waals surface area contributed by atoms with Crippen molar-refractivity contribution in [1.29, 1.82) is 0 Å². The van der Waals surface area contributed by atoms with E-state index in [0.717, 1.165) is 0 Å². The fourth-order valence-electron chi connectivity index (χ4n) is 1.46. The zero-order valence-corrected chi connectivity index (χ0v) is 8.46. The van der Waals surface area contributed by atoms with E-state index in [1.54, 1.807) is 0 Å². The van der Waals surface area contributed by atoms with Crippen molar-refractivity contribution in [3.05, 3.63) is 44.6 Å². The first-order chi connectivity index (χ1) is 7.61. The maximum Gasteiger partial charge on any atom is 0.326 e. The molecular weight excluding hydrogens is 210 g/mol. The molecule has 82 valence electrons. The number of aromatic amines is 2. The third kappa shape index (κ3) is 1.60. The Kier molecular flexibility index (Phi) is 2.32. The Hall–Kier alpha value is -2.37. The summed E-state index contributed by atoms with van der Waals surface area (Å²) < 4.78 is 0. The van der Waals surface area contributed by atoms with Gasteiger partial charge in [0.05, 0.1) is 10.9 Å². The van der Waals surface area contributed by atoms with Crippen molar-refractivity contribution in [2.45, 2.75) is 0 Å². The second-order valence-corrected chi connectivity index (χ2v) is 3.25. The SMILES string of the molecule is CNC(=O)c1ccc2c(=O)[nH]c(=O)[nH]c2c1. The second-order valence-electron chi connectivity index (χ2n) is 3.25. The fraction of sp³-hybridized carbons (Fsp3) is 0.100. The van der Waals surface area contributed by atoms with Crippen LogP contribution in [0.4, 0.5) is 0 Å². The first-order valence-electron chi connectivity index (χ1n) is 4.60. The van der Waals surface area contributed by atoms with Crippen molar-refractivity contribution in [1.82, 2.24) is 15.3 Å². The second kappa shape index (κ2) is 3.65. The molecule has 0 aliphatic heterocycles. The quantitative estimate of drug-likeness (QED) is 0.607. The number of rotatable bonds is 1. The molecule has 0 saturated heterocycles. The Morgan fingerprint density at radius 1 is 1.25 bits per heavy atom. The number of amides is 1. The van der Waals surface area contributed by atoms with Crippen molar-refractivity contribution < 1.29 is 4.79 Å². The smallest absolute Gasteiger partial charge is 0.326 e. The highest BCUT2D eigenvalue weighted by Gasteiger charge is 2.06. The molecule has 0 radical (unpaired) electrons. The van der Waals surface area contributed by atoms with Gasteiger partial charge in [-0.05, 0) is 18.2 Å². The Morgan fingerprint density at radius 2 is 2.00 bits per heavy atom. The Morgan fingerprint density at radius 3 is 2.69 bits per heavy atom. The summed E-state index contributed by atoms with van der Waals surface area (Å²) >= 11 is 0. The van der Waals surface area contributed by atoms with Gasteiger partial charge in [-0.15, -0.1) is 0 Å². The molecule has 0 saturated carbocycles. The summed E-state index contributed by atoms with van der Waals surface area (Å²) in [5.74, 6) is -0.275. The largest absolute Gasteiger partial charge is 0.355 e. The number of benzene rings is 1. The topological polar surface area (TPSA) is 94.8 Å². The van der Waals surface area contributed by atoms with E-state index < -0.39 is 11.2 Å². The Labute approximate surface area is 89.3 Å². The van der Waals surface area contributed by atoms with Crippen LogP contribution in [0, 0.1) is 0 Å². The molecule has 0 aliphatic carbocycles. The lowest BCUT2D eigenvalue weighted by molar-refractivity contribution is 0.0963. The van der Waals surface area contributed by atoms with Gasteiger partial charge in [-0.3, -0.25) is 14.6 Å². The molecule has 1 aromatic heterocycles. The first kappa shape index (κ1) is 10.2. The van der Waals surface area contributed by atoms with Crippen LogP contribution in [0.25, 0.3) is 10.9 Å². The van der Waals surface area contributed by atoms with E-state index in [2.05, 4.69) is 15.3 Å². The lowest BCUT2D eigenvalue weighted by atomic mass is 10.1. The number of carbonyl (C=O) groups is 1. The number of fused-ring (bicyclic) bond motifs is 1. The van der Waals surface area contributed by atoms with Crippen molar-refractivity contribution >= 4 is 16.8 Å². The van der Waals surface area contributed by atoms with Crippen molar-refractivity contribution in [2.24, 2.45) is 0 Å². The van der Waals surface area contributed by atoms with Gasteiger partial charge >= 0.3 is 5.69 Å². The van der Waals surface area contributed by atoms with Crippen LogP contribution in [-0.2, 0) is 0 Å². The number of hydrogen-bond acceptors (Lipinski definition) is 3. The van der Waals surface area contributed by atoms with E-state index >= 15 is 0 Å². The van der Waals surface area contributed by atoms with Gasteiger partial charge in [0.25, 0.3) is 11.5 Å². The molecule has 0 spiro atoms. The summed E-state index contributed by atoms with van der Waals surface area (Å²) in [5, 5.41) is 2.80. The Balaban J connectivity index is 2.76. The highest BCUT2D eigenvalue weighted by molar-refractivity contribution is 5.97. The summed E-state index contributed by atoms with van der Waals surface area (Å²) in [7, 11) is 1.51. The molecule has 0 atom stereocenters. The van der Waals surface area contributed by atoms with Gasteiger partial charge in [0.15, 0.2) is 0 Å². The molecule has 2 aromatic rings. The lowest BCUT2D eigenvalue weighted by Gasteiger charge is -2.01. The predicted molar refractivity (Wildman–Crippen MR) is 58.6 cm³/mol. The minimum Gasteiger partial charge on any atom is -0.355 e. The van der Waals surface area contributed by atoms with Crippen LogP contribution >= 0.6 is 0 Å². The van der Waals surface area contributed by atoms with Crippen molar-refractivity contribution in [3.63, 3.8) is 0 Å². The van der Waals surface area contributed by atoms with Gasteiger partial charge in [-0.25, -0.2) is 4.79 Å². The summed E-state index contributed by atoms with van der Waals surface area (Å²) in [6, 6.07) is 4.48. The average molecular weight is 219 g/mol. The molecular formula is C10H9N3O3. The number of hydrogen-bond donors (Lipinski definition) is 3. The average Bonchev–Trinajstić information content (AvgIpc) is 2.27. The zero-order chi connectivity index (χ0) is 11.7. The van der Waals surface area contributed by atoms with Crippen molar-refractivity contribution in [3.8, 4) is 0 Å². The molecule has 2 rings (SSSR count). The Bertz CT molecular complexity index is 669. The minimum atomic E-state index is -0.591. The van der Waals surface area contributed by atoms with Crippen LogP contribution in [0.1, 0.15) is 10.4 Å². The first-order valence-corrected chi connectivity index (χ1v) is 4.60. The van der Waals surface area contributed by atoms with Crippen LogP contribution in [0.15, 0.2) is 27.8 Å².